The van der Waals surface area contributed by atoms with Crippen molar-refractivity contribution in [3.8, 4) is 11.1 Å². The molecule has 4 rings (SSSR count). The van der Waals surface area contributed by atoms with Crippen LogP contribution < -0.4 is 16.0 Å². The Morgan fingerprint density at radius 3 is 2.46 bits per heavy atom. The topological polar surface area (TPSA) is 117 Å². The van der Waals surface area contributed by atoms with Gasteiger partial charge in [-0.2, -0.15) is 0 Å². The van der Waals surface area contributed by atoms with Crippen molar-refractivity contribution in [3.05, 3.63) is 65.7 Å². The lowest BCUT2D eigenvalue weighted by atomic mass is 9.92. The van der Waals surface area contributed by atoms with E-state index in [4.69, 9.17) is 4.42 Å². The van der Waals surface area contributed by atoms with E-state index in [1.54, 1.807) is 32.3 Å². The molecule has 0 unspecified atom stereocenters. The Hall–Kier alpha value is -4.14. The van der Waals surface area contributed by atoms with Gasteiger partial charge in [-0.05, 0) is 67.8 Å². The molecule has 0 radical (unpaired) electrons. The number of rotatable bonds is 4. The van der Waals surface area contributed by atoms with E-state index < -0.39 is 17.0 Å². The number of furan rings is 1. The summed E-state index contributed by atoms with van der Waals surface area (Å²) < 4.78 is 5.98. The number of pyridine rings is 1. The van der Waals surface area contributed by atoms with Crippen LogP contribution in [0.2, 0.25) is 0 Å². The number of carbonyl (C=O) groups is 3. The molecular formula is C28H33N5O4. The second kappa shape index (κ2) is 9.72. The SMILES string of the molecule is Cc1ccc(NC(=O)Nc2oc(C(C)(C)C)cc2C(=O)N2CCNC(=O)C2(C)C)cc1-c1ccncc1. The lowest BCUT2D eigenvalue weighted by Crippen LogP contribution is -2.63. The highest BCUT2D eigenvalue weighted by Gasteiger charge is 2.42. The van der Waals surface area contributed by atoms with Crippen LogP contribution >= 0.6 is 0 Å². The molecule has 3 heterocycles. The van der Waals surface area contributed by atoms with Crippen LogP contribution in [0.15, 0.2) is 53.2 Å². The van der Waals surface area contributed by atoms with E-state index in [1.807, 2.05) is 58.0 Å². The number of nitrogens with zero attached hydrogens (tertiary/aromatic N) is 2. The minimum Gasteiger partial charge on any atom is -0.444 e. The van der Waals surface area contributed by atoms with Crippen LogP contribution in [0.1, 0.15) is 56.3 Å². The normalized spacial score (nSPS) is 15.2. The van der Waals surface area contributed by atoms with Gasteiger partial charge in [-0.3, -0.25) is 19.9 Å². The zero-order chi connectivity index (χ0) is 27.0. The van der Waals surface area contributed by atoms with Crippen LogP contribution in [-0.2, 0) is 10.2 Å². The zero-order valence-electron chi connectivity index (χ0n) is 22.1. The molecule has 2 aromatic heterocycles. The smallest absolute Gasteiger partial charge is 0.326 e. The molecular weight excluding hydrogens is 470 g/mol. The van der Waals surface area contributed by atoms with Gasteiger partial charge in [0.1, 0.15) is 16.9 Å². The van der Waals surface area contributed by atoms with Crippen molar-refractivity contribution in [1.29, 1.82) is 0 Å². The highest BCUT2D eigenvalue weighted by molar-refractivity contribution is 6.07. The Bertz CT molecular complexity index is 1340. The summed E-state index contributed by atoms with van der Waals surface area (Å²) in [6.07, 6.45) is 3.44. The Balaban J connectivity index is 1.61. The first-order chi connectivity index (χ1) is 17.4. The molecule has 0 saturated carbocycles. The summed E-state index contributed by atoms with van der Waals surface area (Å²) in [7, 11) is 0. The van der Waals surface area contributed by atoms with Crippen LogP contribution in [0.4, 0.5) is 16.4 Å². The predicted octanol–water partition coefficient (Wildman–Crippen LogP) is 4.94. The van der Waals surface area contributed by atoms with Crippen LogP contribution in [-0.4, -0.2) is 46.4 Å². The van der Waals surface area contributed by atoms with Crippen molar-refractivity contribution in [1.82, 2.24) is 15.2 Å². The summed E-state index contributed by atoms with van der Waals surface area (Å²) in [6.45, 7) is 12.0. The molecule has 1 fully saturated rings. The second-order valence-electron chi connectivity index (χ2n) is 10.7. The van der Waals surface area contributed by atoms with E-state index in [9.17, 15) is 14.4 Å². The third-order valence-corrected chi connectivity index (χ3v) is 6.51. The number of urea groups is 1. The Labute approximate surface area is 216 Å². The third-order valence-electron chi connectivity index (χ3n) is 6.51. The standard InChI is InChI=1S/C28H33N5O4/c1-17-7-8-19(15-20(17)18-9-11-29-12-10-18)31-26(36)32-23-21(16-22(37-23)27(2,3)4)24(34)33-14-13-30-25(35)28(33,5)6/h7-12,15-16H,13-14H2,1-6H3,(H,30,35)(H2,31,32,36). The number of nitrogens with one attached hydrogen (secondary N) is 3. The Kier molecular flexibility index (Phi) is 6.82. The fourth-order valence-corrected chi connectivity index (χ4v) is 4.22. The van der Waals surface area contributed by atoms with Gasteiger partial charge in [-0.15, -0.1) is 0 Å². The summed E-state index contributed by atoms with van der Waals surface area (Å²) in [5, 5.41) is 8.33. The first-order valence-electron chi connectivity index (χ1n) is 12.2. The molecule has 9 nitrogen and oxygen atoms in total. The quantitative estimate of drug-likeness (QED) is 0.466. The molecule has 1 aromatic carbocycles. The summed E-state index contributed by atoms with van der Waals surface area (Å²) in [6, 6.07) is 10.5. The zero-order valence-corrected chi connectivity index (χ0v) is 22.1. The minimum absolute atomic E-state index is 0.0377. The van der Waals surface area contributed by atoms with Crippen molar-refractivity contribution in [2.45, 2.75) is 52.5 Å². The number of anilines is 2. The van der Waals surface area contributed by atoms with Crippen molar-refractivity contribution < 1.29 is 18.8 Å². The van der Waals surface area contributed by atoms with E-state index in [2.05, 4.69) is 20.9 Å². The van der Waals surface area contributed by atoms with Crippen LogP contribution in [0.3, 0.4) is 0 Å². The molecule has 1 aliphatic heterocycles. The first-order valence-corrected chi connectivity index (χ1v) is 12.2. The lowest BCUT2D eigenvalue weighted by molar-refractivity contribution is -0.133. The number of carbonyl (C=O) groups excluding carboxylic acids is 3. The van der Waals surface area contributed by atoms with E-state index in [-0.39, 0.29) is 23.3 Å². The van der Waals surface area contributed by atoms with Crippen molar-refractivity contribution in [2.75, 3.05) is 23.7 Å². The number of hydrogen-bond donors (Lipinski definition) is 3. The van der Waals surface area contributed by atoms with E-state index >= 15 is 0 Å². The van der Waals surface area contributed by atoms with Crippen molar-refractivity contribution in [3.63, 3.8) is 0 Å². The van der Waals surface area contributed by atoms with Gasteiger partial charge in [0.2, 0.25) is 11.8 Å². The van der Waals surface area contributed by atoms with Crippen molar-refractivity contribution >= 4 is 29.4 Å². The molecule has 4 amide bonds. The molecule has 194 valence electrons. The number of aryl methyl sites for hydroxylation is 1. The molecule has 0 bridgehead atoms. The number of amides is 4. The van der Waals surface area contributed by atoms with Crippen LogP contribution in [0.25, 0.3) is 11.1 Å². The summed E-state index contributed by atoms with van der Waals surface area (Å²) in [4.78, 5) is 44.6. The fourth-order valence-electron chi connectivity index (χ4n) is 4.22. The third kappa shape index (κ3) is 5.35. The van der Waals surface area contributed by atoms with Gasteiger partial charge in [0.25, 0.3) is 5.91 Å². The molecule has 1 aliphatic rings. The average molecular weight is 504 g/mol. The molecule has 0 aliphatic carbocycles. The van der Waals surface area contributed by atoms with Gasteiger partial charge in [-0.1, -0.05) is 26.8 Å². The maximum atomic E-state index is 13.6. The molecule has 3 N–H and O–H groups in total. The van der Waals surface area contributed by atoms with Crippen LogP contribution in [0, 0.1) is 6.92 Å². The highest BCUT2D eigenvalue weighted by Crippen LogP contribution is 2.33. The molecule has 9 heteroatoms. The Morgan fingerprint density at radius 1 is 1.08 bits per heavy atom. The first kappa shape index (κ1) is 25.9. The van der Waals surface area contributed by atoms with Gasteiger partial charge >= 0.3 is 6.03 Å². The van der Waals surface area contributed by atoms with Crippen molar-refractivity contribution in [2.24, 2.45) is 0 Å². The number of aromatic nitrogens is 1. The summed E-state index contributed by atoms with van der Waals surface area (Å²) in [5.74, 6) is -0.0376. The monoisotopic (exact) mass is 503 g/mol. The molecule has 1 saturated heterocycles. The maximum Gasteiger partial charge on any atom is 0.326 e. The number of benzene rings is 1. The largest absolute Gasteiger partial charge is 0.444 e. The van der Waals surface area contributed by atoms with E-state index in [1.165, 1.54) is 4.90 Å². The lowest BCUT2D eigenvalue weighted by Gasteiger charge is -2.41. The van der Waals surface area contributed by atoms with E-state index in [0.29, 0.717) is 24.5 Å². The van der Waals surface area contributed by atoms with E-state index in [0.717, 1.165) is 16.7 Å². The summed E-state index contributed by atoms with van der Waals surface area (Å²) in [5.41, 5.74) is 2.34. The van der Waals surface area contributed by atoms with Gasteiger partial charge in [0.15, 0.2) is 0 Å². The Morgan fingerprint density at radius 2 is 1.78 bits per heavy atom. The highest BCUT2D eigenvalue weighted by atomic mass is 16.4. The second-order valence-corrected chi connectivity index (χ2v) is 10.7. The predicted molar refractivity (Wildman–Crippen MR) is 143 cm³/mol. The van der Waals surface area contributed by atoms with Gasteiger partial charge in [0.05, 0.1) is 0 Å². The molecule has 37 heavy (non-hydrogen) atoms. The van der Waals surface area contributed by atoms with Crippen LogP contribution in [0.5, 0.6) is 0 Å². The van der Waals surface area contributed by atoms with Gasteiger partial charge < -0.3 is 20.0 Å². The number of hydrogen-bond acceptors (Lipinski definition) is 5. The fraction of sp³-hybridized carbons (Fsp3) is 0.357. The average Bonchev–Trinajstić information content (AvgIpc) is 3.26. The minimum atomic E-state index is -1.04. The number of piperazine rings is 1. The molecule has 3 aromatic rings. The maximum absolute atomic E-state index is 13.6. The van der Waals surface area contributed by atoms with Gasteiger partial charge in [0, 0.05) is 36.6 Å². The molecule has 0 spiro atoms. The van der Waals surface area contributed by atoms with Gasteiger partial charge in [-0.25, -0.2) is 4.79 Å². The molecule has 0 atom stereocenters. The summed E-state index contributed by atoms with van der Waals surface area (Å²) >= 11 is 0.